The van der Waals surface area contributed by atoms with Gasteiger partial charge < -0.3 is 15.2 Å². The van der Waals surface area contributed by atoms with Gasteiger partial charge in [0, 0.05) is 12.1 Å². The lowest BCUT2D eigenvalue weighted by Gasteiger charge is -2.27. The van der Waals surface area contributed by atoms with Gasteiger partial charge >= 0.3 is 0 Å². The molecule has 1 heterocycles. The molecule has 3 rings (SSSR count). The lowest BCUT2D eigenvalue weighted by molar-refractivity contribution is -0.128. The molecule has 0 spiro atoms. The van der Waals surface area contributed by atoms with Gasteiger partial charge in [0.1, 0.15) is 23.7 Å². The molecule has 8 nitrogen and oxygen atoms in total. The number of hydrogen-bond acceptors (Lipinski definition) is 6. The van der Waals surface area contributed by atoms with Crippen LogP contribution in [0.4, 0.5) is 0 Å². The molecule has 0 unspecified atom stereocenters. The third-order valence-corrected chi connectivity index (χ3v) is 4.97. The van der Waals surface area contributed by atoms with E-state index in [1.54, 1.807) is 42.5 Å². The first-order chi connectivity index (χ1) is 15.3. The highest BCUT2D eigenvalue weighted by atomic mass is 32.1. The normalized spacial score (nSPS) is 14.8. The summed E-state index contributed by atoms with van der Waals surface area (Å²) in [6.07, 6.45) is 2.99. The Morgan fingerprint density at radius 1 is 1.22 bits per heavy atom. The second-order valence-electron chi connectivity index (χ2n) is 6.74. The van der Waals surface area contributed by atoms with Gasteiger partial charge in [-0.15, -0.1) is 6.58 Å². The lowest BCUT2D eigenvalue weighted by Crippen LogP contribution is -2.53. The summed E-state index contributed by atoms with van der Waals surface area (Å²) < 4.78 is 11.2. The summed E-state index contributed by atoms with van der Waals surface area (Å²) >= 11 is 5.06. The van der Waals surface area contributed by atoms with Gasteiger partial charge in [-0.1, -0.05) is 24.3 Å². The number of nitrogens with zero attached hydrogens (tertiary/aromatic N) is 1. The number of para-hydroxylation sites is 1. The maximum absolute atomic E-state index is 12.7. The van der Waals surface area contributed by atoms with Crippen molar-refractivity contribution in [2.45, 2.75) is 6.61 Å². The Hall–Kier alpha value is -3.98. The highest BCUT2D eigenvalue weighted by Crippen LogP contribution is 2.25. The van der Waals surface area contributed by atoms with Crippen molar-refractivity contribution in [1.29, 1.82) is 0 Å². The first kappa shape index (κ1) is 22.7. The molecule has 0 radical (unpaired) electrons. The second-order valence-corrected chi connectivity index (χ2v) is 7.13. The zero-order valence-electron chi connectivity index (χ0n) is 17.3. The number of carbonyl (C=O) groups excluding carboxylic acids is 3. The average molecular weight is 452 g/mol. The Morgan fingerprint density at radius 3 is 2.66 bits per heavy atom. The van der Waals surface area contributed by atoms with Gasteiger partial charge in [0.05, 0.1) is 12.7 Å². The van der Waals surface area contributed by atoms with Gasteiger partial charge in [0.25, 0.3) is 17.7 Å². The maximum Gasteiger partial charge on any atom is 0.265 e. The molecule has 1 aliphatic heterocycles. The summed E-state index contributed by atoms with van der Waals surface area (Å²) in [4.78, 5) is 37.9. The fourth-order valence-electron chi connectivity index (χ4n) is 3.11. The molecule has 1 aliphatic rings. The van der Waals surface area contributed by atoms with Crippen LogP contribution in [0.2, 0.25) is 0 Å². The number of nitrogens with two attached hydrogens (primary N) is 1. The molecule has 1 fully saturated rings. The minimum atomic E-state index is -0.602. The number of ether oxygens (including phenoxy) is 2. The van der Waals surface area contributed by atoms with Crippen LogP contribution in [0.25, 0.3) is 6.08 Å². The van der Waals surface area contributed by atoms with E-state index in [2.05, 4.69) is 11.9 Å². The van der Waals surface area contributed by atoms with E-state index in [-0.39, 0.29) is 29.4 Å². The number of rotatable bonds is 8. The number of methoxy groups -OCH3 is 1. The monoisotopic (exact) mass is 451 g/mol. The van der Waals surface area contributed by atoms with E-state index in [1.165, 1.54) is 24.2 Å². The molecule has 1 saturated heterocycles. The third kappa shape index (κ3) is 4.84. The number of hydrogen-bond donors (Lipinski definition) is 2. The van der Waals surface area contributed by atoms with Gasteiger partial charge in [-0.2, -0.15) is 0 Å². The fourth-order valence-corrected chi connectivity index (χ4v) is 3.36. The predicted octanol–water partition coefficient (Wildman–Crippen LogP) is 2.19. The van der Waals surface area contributed by atoms with Gasteiger partial charge in [0.15, 0.2) is 5.11 Å². The van der Waals surface area contributed by atoms with Gasteiger partial charge in [0.2, 0.25) is 0 Å². The fraction of sp³-hybridized carbons (Fsp3) is 0.130. The van der Waals surface area contributed by atoms with E-state index in [4.69, 9.17) is 27.4 Å². The topological polar surface area (TPSA) is 111 Å². The molecule has 3 amide bonds. The number of benzene rings is 2. The van der Waals surface area contributed by atoms with Crippen molar-refractivity contribution in [3.05, 3.63) is 77.4 Å². The Bertz CT molecular complexity index is 1140. The summed E-state index contributed by atoms with van der Waals surface area (Å²) in [5, 5.41) is 2.54. The van der Waals surface area contributed by atoms with Crippen LogP contribution in [0.5, 0.6) is 11.5 Å². The van der Waals surface area contributed by atoms with Crippen molar-refractivity contribution in [2.24, 2.45) is 5.73 Å². The summed E-state index contributed by atoms with van der Waals surface area (Å²) in [6, 6.07) is 11.8. The molecule has 0 saturated carbocycles. The average Bonchev–Trinajstić information content (AvgIpc) is 2.78. The van der Waals surface area contributed by atoms with Gasteiger partial charge in [-0.25, -0.2) is 0 Å². The van der Waals surface area contributed by atoms with Crippen LogP contribution in [0.15, 0.2) is 60.7 Å². The summed E-state index contributed by atoms with van der Waals surface area (Å²) in [5.74, 6) is -0.819. The molecule has 3 N–H and O–H groups in total. The molecule has 9 heteroatoms. The maximum atomic E-state index is 12.7. The highest BCUT2D eigenvalue weighted by molar-refractivity contribution is 7.80. The number of thiocarbonyl (C=S) groups is 1. The smallest absolute Gasteiger partial charge is 0.265 e. The first-order valence-corrected chi connectivity index (χ1v) is 9.94. The number of carbonyl (C=O) groups is 3. The quantitative estimate of drug-likeness (QED) is 0.276. The molecule has 2 aromatic rings. The van der Waals surface area contributed by atoms with Gasteiger partial charge in [-0.05, 0) is 48.1 Å². The van der Waals surface area contributed by atoms with Crippen molar-refractivity contribution in [1.82, 2.24) is 10.2 Å². The molecule has 0 atom stereocenters. The van der Waals surface area contributed by atoms with Crippen LogP contribution in [-0.2, 0) is 16.2 Å². The number of amides is 3. The molecule has 32 heavy (non-hydrogen) atoms. The van der Waals surface area contributed by atoms with Crippen LogP contribution < -0.4 is 20.5 Å². The zero-order chi connectivity index (χ0) is 23.3. The molecule has 0 aromatic heterocycles. The van der Waals surface area contributed by atoms with Crippen molar-refractivity contribution >= 4 is 41.1 Å². The molecular weight excluding hydrogens is 430 g/mol. The van der Waals surface area contributed by atoms with E-state index >= 15 is 0 Å². The largest absolute Gasteiger partial charge is 0.496 e. The summed E-state index contributed by atoms with van der Waals surface area (Å²) in [6.45, 7) is 3.85. The Kier molecular flexibility index (Phi) is 7.01. The molecule has 0 aliphatic carbocycles. The Balaban J connectivity index is 1.90. The minimum absolute atomic E-state index is 0.0361. The Labute approximate surface area is 190 Å². The van der Waals surface area contributed by atoms with E-state index < -0.39 is 17.7 Å². The van der Waals surface area contributed by atoms with E-state index in [0.717, 1.165) is 0 Å². The molecular formula is C23H21N3O5S. The molecule has 164 valence electrons. The standard InChI is InChI=1S/C23H21N3O5S/c1-3-10-26-22(29)17(21(28)25-23(26)32)12-14-8-9-18(30-2)15(11-14)13-31-19-7-5-4-6-16(19)20(24)27/h3-9,11-12H,1,10,13H2,2H3,(H2,24,27)(H,25,28,32)/b17-12+. The van der Waals surface area contributed by atoms with Crippen molar-refractivity contribution < 1.29 is 23.9 Å². The van der Waals surface area contributed by atoms with Crippen LogP contribution in [0.3, 0.4) is 0 Å². The lowest BCUT2D eigenvalue weighted by atomic mass is 10.0. The minimum Gasteiger partial charge on any atom is -0.496 e. The van der Waals surface area contributed by atoms with Crippen molar-refractivity contribution in [2.75, 3.05) is 13.7 Å². The molecule has 2 aromatic carbocycles. The zero-order valence-corrected chi connectivity index (χ0v) is 18.1. The van der Waals surface area contributed by atoms with E-state index in [9.17, 15) is 14.4 Å². The van der Waals surface area contributed by atoms with Crippen molar-refractivity contribution in [3.63, 3.8) is 0 Å². The van der Waals surface area contributed by atoms with E-state index in [0.29, 0.717) is 22.6 Å². The van der Waals surface area contributed by atoms with Crippen LogP contribution in [0.1, 0.15) is 21.5 Å². The third-order valence-electron chi connectivity index (χ3n) is 4.65. The van der Waals surface area contributed by atoms with E-state index in [1.807, 2.05) is 0 Å². The number of primary amides is 1. The molecule has 0 bridgehead atoms. The second kappa shape index (κ2) is 9.88. The van der Waals surface area contributed by atoms with Crippen LogP contribution >= 0.6 is 12.2 Å². The van der Waals surface area contributed by atoms with Gasteiger partial charge in [-0.3, -0.25) is 24.6 Å². The summed E-state index contributed by atoms with van der Waals surface area (Å²) in [7, 11) is 1.51. The summed E-state index contributed by atoms with van der Waals surface area (Å²) in [5.41, 5.74) is 6.82. The van der Waals surface area contributed by atoms with Crippen LogP contribution in [-0.4, -0.2) is 41.4 Å². The number of nitrogens with one attached hydrogen (secondary N) is 1. The predicted molar refractivity (Wildman–Crippen MR) is 123 cm³/mol. The van der Waals surface area contributed by atoms with Crippen molar-refractivity contribution in [3.8, 4) is 11.5 Å². The Morgan fingerprint density at radius 2 is 1.97 bits per heavy atom. The highest BCUT2D eigenvalue weighted by Gasteiger charge is 2.32. The SMILES string of the molecule is C=CCN1C(=O)/C(=C/c2ccc(OC)c(COc3ccccc3C(N)=O)c2)C(=O)NC1=S. The first-order valence-electron chi connectivity index (χ1n) is 9.54. The van der Waals surface area contributed by atoms with Crippen LogP contribution in [0, 0.1) is 0 Å².